The van der Waals surface area contributed by atoms with Crippen molar-refractivity contribution in [2.24, 2.45) is 11.1 Å². The van der Waals surface area contributed by atoms with Gasteiger partial charge in [0.05, 0.1) is 18.8 Å². The summed E-state index contributed by atoms with van der Waals surface area (Å²) in [5.74, 6) is 0. The van der Waals surface area contributed by atoms with E-state index >= 15 is 0 Å². The summed E-state index contributed by atoms with van der Waals surface area (Å²) in [6, 6.07) is 0. The van der Waals surface area contributed by atoms with E-state index < -0.39 is 0 Å². The molecule has 66 valence electrons. The second-order valence-corrected chi connectivity index (χ2v) is 3.69. The first-order valence-electron chi connectivity index (χ1n) is 3.69. The highest BCUT2D eigenvalue weighted by Crippen LogP contribution is 2.56. The van der Waals surface area contributed by atoms with Crippen LogP contribution in [0.3, 0.4) is 0 Å². The molecule has 0 unspecified atom stereocenters. The highest BCUT2D eigenvalue weighted by atomic mass is 35.5. The predicted octanol–water partition coefficient (Wildman–Crippen LogP) is -0.0916. The van der Waals surface area contributed by atoms with Crippen LogP contribution in [0.5, 0.6) is 0 Å². The maximum atomic E-state index is 8.95. The van der Waals surface area contributed by atoms with E-state index in [0.29, 0.717) is 13.2 Å². The molecule has 0 radical (unpaired) electrons. The predicted molar refractivity (Wildman–Crippen MR) is 43.7 cm³/mol. The van der Waals surface area contributed by atoms with Gasteiger partial charge in [0.1, 0.15) is 0 Å². The Balaban J connectivity index is 0.000000605. The van der Waals surface area contributed by atoms with Gasteiger partial charge in [-0.15, -0.1) is 12.4 Å². The molecule has 1 aliphatic carbocycles. The Bertz CT molecular complexity index is 141. The van der Waals surface area contributed by atoms with Gasteiger partial charge in [0.15, 0.2) is 0 Å². The lowest BCUT2D eigenvalue weighted by molar-refractivity contribution is -0.0201. The Kier molecular flexibility index (Phi) is 2.18. The minimum atomic E-state index is -0.0390. The smallest absolute Gasteiger partial charge is 0.0818 e. The summed E-state index contributed by atoms with van der Waals surface area (Å²) in [4.78, 5) is 0. The molecule has 3 rings (SSSR count). The van der Waals surface area contributed by atoms with Gasteiger partial charge >= 0.3 is 0 Å². The number of ether oxygens (including phenoxy) is 1. The Morgan fingerprint density at radius 1 is 1.45 bits per heavy atom. The molecule has 2 aliphatic heterocycles. The minimum Gasteiger partial charge on any atom is -0.396 e. The molecule has 0 atom stereocenters. The largest absolute Gasteiger partial charge is 0.396 e. The topological polar surface area (TPSA) is 55.5 Å². The first-order chi connectivity index (χ1) is 4.74. The quantitative estimate of drug-likeness (QED) is 0.623. The molecule has 2 bridgehead atoms. The van der Waals surface area contributed by atoms with Crippen LogP contribution in [0.1, 0.15) is 12.8 Å². The summed E-state index contributed by atoms with van der Waals surface area (Å²) in [7, 11) is 0. The van der Waals surface area contributed by atoms with Crippen LogP contribution in [0, 0.1) is 5.41 Å². The van der Waals surface area contributed by atoms with Gasteiger partial charge in [-0.25, -0.2) is 0 Å². The van der Waals surface area contributed by atoms with Gasteiger partial charge in [0.2, 0.25) is 0 Å². The monoisotopic (exact) mass is 179 g/mol. The molecule has 0 amide bonds. The van der Waals surface area contributed by atoms with Gasteiger partial charge in [0.25, 0.3) is 0 Å². The van der Waals surface area contributed by atoms with Crippen molar-refractivity contribution in [3.05, 3.63) is 0 Å². The SMILES string of the molecule is Cl.NCC12CC(CO)(CO1)C2. The van der Waals surface area contributed by atoms with Crippen LogP contribution in [0.4, 0.5) is 0 Å². The third kappa shape index (κ3) is 1.07. The Hall–Kier alpha value is 0.170. The van der Waals surface area contributed by atoms with E-state index in [9.17, 15) is 0 Å². The molecule has 3 aliphatic rings. The van der Waals surface area contributed by atoms with E-state index in [0.717, 1.165) is 12.8 Å². The molecule has 3 N–H and O–H groups in total. The lowest BCUT2D eigenvalue weighted by atomic mass is 9.63. The van der Waals surface area contributed by atoms with Crippen molar-refractivity contribution in [1.82, 2.24) is 0 Å². The molecule has 2 heterocycles. The number of hydrogen-bond donors (Lipinski definition) is 2. The standard InChI is InChI=1S/C7H13NO2.ClH/c8-3-7-1-6(2-7,4-9)5-10-7;/h9H,1-5,8H2;1H. The fourth-order valence-electron chi connectivity index (χ4n) is 2.19. The highest BCUT2D eigenvalue weighted by Gasteiger charge is 2.61. The van der Waals surface area contributed by atoms with Crippen LogP contribution in [0.2, 0.25) is 0 Å². The number of fused-ring (bicyclic) bond motifs is 1. The molecule has 4 heteroatoms. The van der Waals surface area contributed by atoms with Crippen LogP contribution in [0.25, 0.3) is 0 Å². The summed E-state index contributed by atoms with van der Waals surface area (Å²) in [6.45, 7) is 1.57. The molecular formula is C7H14ClNO2. The van der Waals surface area contributed by atoms with Gasteiger partial charge in [-0.2, -0.15) is 0 Å². The zero-order valence-electron chi connectivity index (χ0n) is 6.38. The van der Waals surface area contributed by atoms with Gasteiger partial charge < -0.3 is 15.6 Å². The number of aliphatic hydroxyl groups is 1. The van der Waals surface area contributed by atoms with E-state index in [4.69, 9.17) is 15.6 Å². The molecule has 2 saturated heterocycles. The molecule has 0 aromatic rings. The van der Waals surface area contributed by atoms with Crippen LogP contribution < -0.4 is 5.73 Å². The number of hydrogen-bond acceptors (Lipinski definition) is 3. The molecule has 3 nitrogen and oxygen atoms in total. The fourth-order valence-corrected chi connectivity index (χ4v) is 2.19. The van der Waals surface area contributed by atoms with Crippen LogP contribution in [0.15, 0.2) is 0 Å². The average Bonchev–Trinajstić information content (AvgIpc) is 2.40. The van der Waals surface area contributed by atoms with E-state index in [-0.39, 0.29) is 30.0 Å². The maximum absolute atomic E-state index is 8.95. The highest BCUT2D eigenvalue weighted by molar-refractivity contribution is 5.85. The van der Waals surface area contributed by atoms with Gasteiger partial charge in [0, 0.05) is 12.0 Å². The number of nitrogens with two attached hydrogens (primary N) is 1. The van der Waals surface area contributed by atoms with E-state index in [2.05, 4.69) is 0 Å². The number of rotatable bonds is 2. The van der Waals surface area contributed by atoms with Crippen molar-refractivity contribution in [3.63, 3.8) is 0 Å². The zero-order chi connectivity index (χ0) is 7.24. The van der Waals surface area contributed by atoms with Gasteiger partial charge in [-0.3, -0.25) is 0 Å². The normalized spacial score (nSPS) is 46.4. The molecule has 0 aromatic carbocycles. The second-order valence-electron chi connectivity index (χ2n) is 3.69. The van der Waals surface area contributed by atoms with Crippen LogP contribution in [-0.4, -0.2) is 30.5 Å². The minimum absolute atomic E-state index is 0. The number of halogens is 1. The molecular weight excluding hydrogens is 166 g/mol. The summed E-state index contributed by atoms with van der Waals surface area (Å²) < 4.78 is 5.47. The van der Waals surface area contributed by atoms with Gasteiger partial charge in [-0.1, -0.05) is 0 Å². The van der Waals surface area contributed by atoms with Crippen molar-refractivity contribution in [2.75, 3.05) is 19.8 Å². The molecule has 0 spiro atoms. The second kappa shape index (κ2) is 2.59. The van der Waals surface area contributed by atoms with Crippen molar-refractivity contribution >= 4 is 12.4 Å². The van der Waals surface area contributed by atoms with Crippen LogP contribution >= 0.6 is 12.4 Å². The Morgan fingerprint density at radius 3 is 2.36 bits per heavy atom. The van der Waals surface area contributed by atoms with E-state index in [1.54, 1.807) is 0 Å². The fraction of sp³-hybridized carbons (Fsp3) is 1.00. The van der Waals surface area contributed by atoms with Crippen molar-refractivity contribution in [3.8, 4) is 0 Å². The molecule has 0 aromatic heterocycles. The van der Waals surface area contributed by atoms with Crippen molar-refractivity contribution in [1.29, 1.82) is 0 Å². The van der Waals surface area contributed by atoms with Gasteiger partial charge in [-0.05, 0) is 12.8 Å². The zero-order valence-corrected chi connectivity index (χ0v) is 7.19. The Labute approximate surface area is 72.3 Å². The van der Waals surface area contributed by atoms with Crippen molar-refractivity contribution < 1.29 is 9.84 Å². The number of aliphatic hydroxyl groups excluding tert-OH is 1. The van der Waals surface area contributed by atoms with Crippen LogP contribution in [-0.2, 0) is 4.74 Å². The Morgan fingerprint density at radius 2 is 2.09 bits per heavy atom. The average molecular weight is 180 g/mol. The first kappa shape index (κ1) is 9.26. The van der Waals surface area contributed by atoms with Crippen molar-refractivity contribution in [2.45, 2.75) is 18.4 Å². The third-order valence-corrected chi connectivity index (χ3v) is 2.79. The van der Waals surface area contributed by atoms with E-state index in [1.807, 2.05) is 0 Å². The molecule has 11 heavy (non-hydrogen) atoms. The molecule has 3 fully saturated rings. The lowest BCUT2D eigenvalue weighted by Gasteiger charge is -2.42. The summed E-state index contributed by atoms with van der Waals surface area (Å²) in [6.07, 6.45) is 1.93. The third-order valence-electron chi connectivity index (χ3n) is 2.79. The summed E-state index contributed by atoms with van der Waals surface area (Å²) >= 11 is 0. The first-order valence-corrected chi connectivity index (χ1v) is 3.69. The maximum Gasteiger partial charge on any atom is 0.0818 e. The summed E-state index contributed by atoms with van der Waals surface area (Å²) in [5, 5.41) is 8.95. The molecule has 1 saturated carbocycles. The summed E-state index contributed by atoms with van der Waals surface area (Å²) in [5.41, 5.74) is 5.57. The lowest BCUT2D eigenvalue weighted by Crippen LogP contribution is -2.50. The van der Waals surface area contributed by atoms with E-state index in [1.165, 1.54) is 0 Å².